The molecule has 3 heterocycles. The van der Waals surface area contributed by atoms with Crippen LogP contribution in [0.2, 0.25) is 0 Å². The summed E-state index contributed by atoms with van der Waals surface area (Å²) in [6.07, 6.45) is 5.16. The Hall–Kier alpha value is -1.33. The van der Waals surface area contributed by atoms with E-state index in [1.54, 1.807) is 0 Å². The van der Waals surface area contributed by atoms with Crippen molar-refractivity contribution in [2.45, 2.75) is 12.5 Å². The third kappa shape index (κ3) is 1.36. The molecule has 0 aromatic carbocycles. The third-order valence-electron chi connectivity index (χ3n) is 2.80. The van der Waals surface area contributed by atoms with Crippen molar-refractivity contribution >= 4 is 23.0 Å². The summed E-state index contributed by atoms with van der Waals surface area (Å²) in [5.41, 5.74) is 1.46. The Bertz CT molecular complexity index is 578. The van der Waals surface area contributed by atoms with Crippen molar-refractivity contribution in [2.24, 2.45) is 0 Å². The SMILES string of the molecule is CC1(c2c[nH]c3ncc(F)cc23)C=CSN1. The molecular formula is C11H10FN3S. The van der Waals surface area contributed by atoms with E-state index in [4.69, 9.17) is 0 Å². The molecular weight excluding hydrogens is 225 g/mol. The highest BCUT2D eigenvalue weighted by Gasteiger charge is 2.29. The second kappa shape index (κ2) is 3.33. The summed E-state index contributed by atoms with van der Waals surface area (Å²) in [7, 11) is 0. The van der Waals surface area contributed by atoms with Crippen molar-refractivity contribution in [2.75, 3.05) is 0 Å². The van der Waals surface area contributed by atoms with Crippen LogP contribution in [0.4, 0.5) is 4.39 Å². The Morgan fingerprint density at radius 3 is 3.12 bits per heavy atom. The Morgan fingerprint density at radius 1 is 1.50 bits per heavy atom. The summed E-state index contributed by atoms with van der Waals surface area (Å²) in [4.78, 5) is 7.07. The van der Waals surface area contributed by atoms with Gasteiger partial charge in [-0.1, -0.05) is 18.0 Å². The summed E-state index contributed by atoms with van der Waals surface area (Å²) in [5.74, 6) is -0.313. The molecule has 0 fully saturated rings. The first-order chi connectivity index (χ1) is 7.69. The van der Waals surface area contributed by atoms with Gasteiger partial charge in [0.25, 0.3) is 0 Å². The van der Waals surface area contributed by atoms with Crippen LogP contribution in [0, 0.1) is 5.82 Å². The molecule has 0 amide bonds. The van der Waals surface area contributed by atoms with Crippen molar-refractivity contribution in [1.29, 1.82) is 0 Å². The minimum atomic E-state index is -0.313. The van der Waals surface area contributed by atoms with Crippen LogP contribution >= 0.6 is 11.9 Å². The zero-order valence-electron chi connectivity index (χ0n) is 8.62. The lowest BCUT2D eigenvalue weighted by Gasteiger charge is -2.21. The highest BCUT2D eigenvalue weighted by Crippen LogP contribution is 2.34. The van der Waals surface area contributed by atoms with E-state index in [-0.39, 0.29) is 11.4 Å². The van der Waals surface area contributed by atoms with E-state index in [0.717, 1.165) is 10.9 Å². The Morgan fingerprint density at radius 2 is 2.38 bits per heavy atom. The summed E-state index contributed by atoms with van der Waals surface area (Å²) in [6, 6.07) is 1.51. The summed E-state index contributed by atoms with van der Waals surface area (Å²) < 4.78 is 16.5. The lowest BCUT2D eigenvalue weighted by Crippen LogP contribution is -2.28. The standard InChI is InChI=1S/C11H10FN3S/c1-11(2-3-16-15-11)9-6-14-10-8(9)4-7(12)5-13-10/h2-6,15H,1H3,(H,13,14). The van der Waals surface area contributed by atoms with Crippen LogP contribution in [0.3, 0.4) is 0 Å². The van der Waals surface area contributed by atoms with Crippen molar-refractivity contribution in [3.63, 3.8) is 0 Å². The van der Waals surface area contributed by atoms with Gasteiger partial charge in [-0.2, -0.15) is 0 Å². The first kappa shape index (κ1) is 9.86. The van der Waals surface area contributed by atoms with Gasteiger partial charge >= 0.3 is 0 Å². The number of rotatable bonds is 1. The fourth-order valence-corrected chi connectivity index (χ4v) is 2.74. The predicted molar refractivity (Wildman–Crippen MR) is 63.3 cm³/mol. The maximum Gasteiger partial charge on any atom is 0.142 e. The van der Waals surface area contributed by atoms with Crippen LogP contribution in [0.1, 0.15) is 12.5 Å². The molecule has 0 saturated carbocycles. The largest absolute Gasteiger partial charge is 0.346 e. The van der Waals surface area contributed by atoms with Gasteiger partial charge in [0, 0.05) is 17.1 Å². The number of aromatic amines is 1. The van der Waals surface area contributed by atoms with E-state index < -0.39 is 0 Å². The van der Waals surface area contributed by atoms with Gasteiger partial charge < -0.3 is 4.98 Å². The molecule has 1 aliphatic rings. The maximum atomic E-state index is 13.2. The molecule has 0 aliphatic carbocycles. The molecule has 0 bridgehead atoms. The number of pyridine rings is 1. The van der Waals surface area contributed by atoms with E-state index in [9.17, 15) is 4.39 Å². The van der Waals surface area contributed by atoms with E-state index in [1.165, 1.54) is 24.2 Å². The normalized spacial score (nSPS) is 24.4. The van der Waals surface area contributed by atoms with Gasteiger partial charge in [0.15, 0.2) is 0 Å². The van der Waals surface area contributed by atoms with E-state index in [2.05, 4.69) is 27.7 Å². The van der Waals surface area contributed by atoms with Crippen molar-refractivity contribution in [1.82, 2.24) is 14.7 Å². The number of fused-ring (bicyclic) bond motifs is 1. The van der Waals surface area contributed by atoms with Crippen LogP contribution in [0.15, 0.2) is 29.9 Å². The van der Waals surface area contributed by atoms with Gasteiger partial charge in [-0.15, -0.1) is 0 Å². The lowest BCUT2D eigenvalue weighted by atomic mass is 9.94. The number of hydrogen-bond acceptors (Lipinski definition) is 3. The van der Waals surface area contributed by atoms with Gasteiger partial charge in [0.2, 0.25) is 0 Å². The molecule has 2 N–H and O–H groups in total. The number of aromatic nitrogens is 2. The van der Waals surface area contributed by atoms with E-state index >= 15 is 0 Å². The first-order valence-corrected chi connectivity index (χ1v) is 5.81. The number of H-pyrrole nitrogens is 1. The van der Waals surface area contributed by atoms with Crippen molar-refractivity contribution < 1.29 is 4.39 Å². The molecule has 82 valence electrons. The molecule has 0 radical (unpaired) electrons. The highest BCUT2D eigenvalue weighted by atomic mass is 32.2. The molecule has 3 nitrogen and oxygen atoms in total. The highest BCUT2D eigenvalue weighted by molar-refractivity contribution is 8.00. The zero-order valence-corrected chi connectivity index (χ0v) is 9.44. The number of hydrogen-bond donors (Lipinski definition) is 2. The second-order valence-corrected chi connectivity index (χ2v) is 4.69. The first-order valence-electron chi connectivity index (χ1n) is 4.93. The molecule has 3 rings (SSSR count). The average molecular weight is 235 g/mol. The quantitative estimate of drug-likeness (QED) is 0.747. The van der Waals surface area contributed by atoms with Gasteiger partial charge in [-0.25, -0.2) is 14.1 Å². The fourth-order valence-electron chi connectivity index (χ4n) is 1.91. The fraction of sp³-hybridized carbons (Fsp3) is 0.182. The molecule has 2 aromatic heterocycles. The average Bonchev–Trinajstić information content (AvgIpc) is 2.84. The molecule has 0 spiro atoms. The third-order valence-corrected chi connectivity index (χ3v) is 3.61. The van der Waals surface area contributed by atoms with Gasteiger partial charge in [0.05, 0.1) is 11.7 Å². The van der Waals surface area contributed by atoms with Gasteiger partial charge in [-0.3, -0.25) is 0 Å². The van der Waals surface area contributed by atoms with E-state index in [0.29, 0.717) is 5.65 Å². The minimum absolute atomic E-state index is 0.265. The molecule has 5 heteroatoms. The lowest BCUT2D eigenvalue weighted by molar-refractivity contribution is 0.594. The van der Waals surface area contributed by atoms with Crippen LogP contribution in [-0.4, -0.2) is 9.97 Å². The molecule has 1 aliphatic heterocycles. The molecule has 2 aromatic rings. The summed E-state index contributed by atoms with van der Waals surface area (Å²) >= 11 is 1.53. The molecule has 1 atom stereocenters. The summed E-state index contributed by atoms with van der Waals surface area (Å²) in [6.45, 7) is 2.05. The number of nitrogens with one attached hydrogen (secondary N) is 2. The van der Waals surface area contributed by atoms with Crippen molar-refractivity contribution in [3.05, 3.63) is 41.3 Å². The monoisotopic (exact) mass is 235 g/mol. The molecule has 0 saturated heterocycles. The minimum Gasteiger partial charge on any atom is -0.346 e. The van der Waals surface area contributed by atoms with Gasteiger partial charge in [0.1, 0.15) is 11.5 Å². The number of nitrogens with zero attached hydrogens (tertiary/aromatic N) is 1. The van der Waals surface area contributed by atoms with Gasteiger partial charge in [-0.05, 0) is 18.4 Å². The van der Waals surface area contributed by atoms with Crippen LogP contribution in [0.25, 0.3) is 11.0 Å². The maximum absolute atomic E-state index is 13.2. The molecule has 1 unspecified atom stereocenters. The topological polar surface area (TPSA) is 40.7 Å². The van der Waals surface area contributed by atoms with E-state index in [1.807, 2.05) is 11.6 Å². The van der Waals surface area contributed by atoms with Crippen LogP contribution in [-0.2, 0) is 5.54 Å². The summed E-state index contributed by atoms with van der Waals surface area (Å²) in [5, 5.41) is 2.81. The Labute approximate surface area is 96.3 Å². The molecule has 16 heavy (non-hydrogen) atoms. The number of halogens is 1. The Balaban J connectivity index is 2.24. The zero-order chi connectivity index (χ0) is 11.2. The van der Waals surface area contributed by atoms with Crippen molar-refractivity contribution in [3.8, 4) is 0 Å². The van der Waals surface area contributed by atoms with Crippen LogP contribution < -0.4 is 4.72 Å². The van der Waals surface area contributed by atoms with Crippen LogP contribution in [0.5, 0.6) is 0 Å². The smallest absolute Gasteiger partial charge is 0.142 e. The Kier molecular flexibility index (Phi) is 2.05. The predicted octanol–water partition coefficient (Wildman–Crippen LogP) is 2.68. The second-order valence-electron chi connectivity index (χ2n) is 3.98.